The standard InChI is InChI=1S/C19H21NO4/c1-21-17-7-5-4-6-15(17)16-12-14(24-20-16)10-13-8-9-18(22-2)19(11-13)23-3/h4-9,11,14H,10,12H2,1-3H3. The molecule has 1 unspecified atom stereocenters. The molecule has 1 aliphatic heterocycles. The molecule has 2 aromatic rings. The summed E-state index contributed by atoms with van der Waals surface area (Å²) < 4.78 is 16.0. The van der Waals surface area contributed by atoms with Crippen molar-refractivity contribution in [2.24, 2.45) is 5.16 Å². The lowest BCUT2D eigenvalue weighted by Gasteiger charge is -2.12. The first-order valence-corrected chi connectivity index (χ1v) is 7.82. The quantitative estimate of drug-likeness (QED) is 0.815. The van der Waals surface area contributed by atoms with Crippen molar-refractivity contribution in [2.45, 2.75) is 18.9 Å². The molecular weight excluding hydrogens is 306 g/mol. The van der Waals surface area contributed by atoms with Crippen molar-refractivity contribution in [2.75, 3.05) is 21.3 Å². The molecule has 0 aliphatic carbocycles. The molecule has 1 atom stereocenters. The van der Waals surface area contributed by atoms with E-state index in [0.29, 0.717) is 0 Å². The molecule has 24 heavy (non-hydrogen) atoms. The van der Waals surface area contributed by atoms with Crippen LogP contribution in [0.1, 0.15) is 17.5 Å². The van der Waals surface area contributed by atoms with E-state index in [0.717, 1.165) is 46.9 Å². The minimum atomic E-state index is 0.00279. The second-order valence-corrected chi connectivity index (χ2v) is 5.56. The van der Waals surface area contributed by atoms with Crippen LogP contribution >= 0.6 is 0 Å². The highest BCUT2D eigenvalue weighted by Crippen LogP contribution is 2.30. The monoisotopic (exact) mass is 327 g/mol. The molecule has 0 amide bonds. The van der Waals surface area contributed by atoms with Crippen LogP contribution in [-0.4, -0.2) is 33.1 Å². The van der Waals surface area contributed by atoms with Gasteiger partial charge in [0.15, 0.2) is 11.5 Å². The molecule has 1 heterocycles. The van der Waals surface area contributed by atoms with E-state index >= 15 is 0 Å². The fourth-order valence-corrected chi connectivity index (χ4v) is 2.85. The molecule has 2 aromatic carbocycles. The van der Waals surface area contributed by atoms with Gasteiger partial charge in [-0.25, -0.2) is 0 Å². The van der Waals surface area contributed by atoms with Crippen molar-refractivity contribution in [1.82, 2.24) is 0 Å². The van der Waals surface area contributed by atoms with Crippen molar-refractivity contribution >= 4 is 5.71 Å². The van der Waals surface area contributed by atoms with Crippen LogP contribution in [0.3, 0.4) is 0 Å². The summed E-state index contributed by atoms with van der Waals surface area (Å²) in [6.45, 7) is 0. The number of hydrogen-bond acceptors (Lipinski definition) is 5. The molecule has 0 N–H and O–H groups in total. The van der Waals surface area contributed by atoms with E-state index in [1.807, 2.05) is 42.5 Å². The van der Waals surface area contributed by atoms with Crippen LogP contribution in [0.15, 0.2) is 47.6 Å². The van der Waals surface area contributed by atoms with Gasteiger partial charge in [-0.3, -0.25) is 0 Å². The van der Waals surface area contributed by atoms with Crippen LogP contribution in [0.25, 0.3) is 0 Å². The molecule has 0 spiro atoms. The summed E-state index contributed by atoms with van der Waals surface area (Å²) in [7, 11) is 4.93. The van der Waals surface area contributed by atoms with E-state index < -0.39 is 0 Å². The number of oxime groups is 1. The average Bonchev–Trinajstić information content (AvgIpc) is 3.09. The summed E-state index contributed by atoms with van der Waals surface area (Å²) >= 11 is 0. The average molecular weight is 327 g/mol. The first kappa shape index (κ1) is 16.2. The Balaban J connectivity index is 1.70. The lowest BCUT2D eigenvalue weighted by Crippen LogP contribution is -2.12. The van der Waals surface area contributed by atoms with Gasteiger partial charge in [-0.2, -0.15) is 0 Å². The van der Waals surface area contributed by atoms with Crippen LogP contribution in [0.4, 0.5) is 0 Å². The van der Waals surface area contributed by atoms with Crippen LogP contribution in [0.2, 0.25) is 0 Å². The van der Waals surface area contributed by atoms with E-state index in [2.05, 4.69) is 5.16 Å². The zero-order valence-electron chi connectivity index (χ0n) is 14.1. The Labute approximate surface area is 141 Å². The Morgan fingerprint density at radius 3 is 2.46 bits per heavy atom. The fraction of sp³-hybridized carbons (Fsp3) is 0.316. The van der Waals surface area contributed by atoms with E-state index in [9.17, 15) is 0 Å². The smallest absolute Gasteiger partial charge is 0.160 e. The predicted octanol–water partition coefficient (Wildman–Crippen LogP) is 3.45. The second-order valence-electron chi connectivity index (χ2n) is 5.56. The van der Waals surface area contributed by atoms with Gasteiger partial charge in [-0.05, 0) is 29.8 Å². The highest BCUT2D eigenvalue weighted by Gasteiger charge is 2.24. The van der Waals surface area contributed by atoms with Gasteiger partial charge in [0.05, 0.1) is 27.0 Å². The van der Waals surface area contributed by atoms with Gasteiger partial charge in [0.25, 0.3) is 0 Å². The van der Waals surface area contributed by atoms with Gasteiger partial charge in [0.1, 0.15) is 11.9 Å². The SMILES string of the molecule is COc1ccc(CC2CC(c3ccccc3OC)=NO2)cc1OC. The molecule has 5 nitrogen and oxygen atoms in total. The van der Waals surface area contributed by atoms with Gasteiger partial charge in [-0.1, -0.05) is 23.4 Å². The second kappa shape index (κ2) is 7.25. The first-order valence-electron chi connectivity index (χ1n) is 7.82. The largest absolute Gasteiger partial charge is 0.496 e. The maximum absolute atomic E-state index is 5.61. The van der Waals surface area contributed by atoms with Crippen LogP contribution in [0, 0.1) is 0 Å². The fourth-order valence-electron chi connectivity index (χ4n) is 2.85. The summed E-state index contributed by atoms with van der Waals surface area (Å²) in [6, 6.07) is 13.8. The summed E-state index contributed by atoms with van der Waals surface area (Å²) in [5.41, 5.74) is 3.02. The molecule has 1 aliphatic rings. The van der Waals surface area contributed by atoms with Crippen molar-refractivity contribution < 1.29 is 19.0 Å². The number of nitrogens with zero attached hydrogens (tertiary/aromatic N) is 1. The van der Waals surface area contributed by atoms with Gasteiger partial charge in [0.2, 0.25) is 0 Å². The van der Waals surface area contributed by atoms with Crippen LogP contribution < -0.4 is 14.2 Å². The minimum absolute atomic E-state index is 0.00279. The maximum Gasteiger partial charge on any atom is 0.160 e. The Kier molecular flexibility index (Phi) is 4.89. The number of hydrogen-bond donors (Lipinski definition) is 0. The molecule has 0 bridgehead atoms. The van der Waals surface area contributed by atoms with Crippen molar-refractivity contribution in [3.63, 3.8) is 0 Å². The van der Waals surface area contributed by atoms with Crippen molar-refractivity contribution in [1.29, 1.82) is 0 Å². The third-order valence-corrected chi connectivity index (χ3v) is 4.06. The summed E-state index contributed by atoms with van der Waals surface area (Å²) in [5.74, 6) is 2.25. The minimum Gasteiger partial charge on any atom is -0.496 e. The molecule has 5 heteroatoms. The third kappa shape index (κ3) is 3.30. The highest BCUT2D eigenvalue weighted by atomic mass is 16.6. The molecule has 0 fully saturated rings. The lowest BCUT2D eigenvalue weighted by molar-refractivity contribution is 0.0859. The number of methoxy groups -OCH3 is 3. The Morgan fingerprint density at radius 1 is 0.958 bits per heavy atom. The molecule has 126 valence electrons. The summed E-state index contributed by atoms with van der Waals surface area (Å²) in [6.07, 6.45) is 1.50. The third-order valence-electron chi connectivity index (χ3n) is 4.06. The van der Waals surface area contributed by atoms with Gasteiger partial charge in [0, 0.05) is 18.4 Å². The Bertz CT molecular complexity index is 742. The highest BCUT2D eigenvalue weighted by molar-refractivity contribution is 6.03. The molecular formula is C19H21NO4. The van der Waals surface area contributed by atoms with E-state index in [1.54, 1.807) is 21.3 Å². The zero-order valence-corrected chi connectivity index (χ0v) is 14.1. The van der Waals surface area contributed by atoms with Crippen molar-refractivity contribution in [3.8, 4) is 17.2 Å². The van der Waals surface area contributed by atoms with Gasteiger partial charge >= 0.3 is 0 Å². The number of para-hydroxylation sites is 1. The van der Waals surface area contributed by atoms with Crippen molar-refractivity contribution in [3.05, 3.63) is 53.6 Å². The van der Waals surface area contributed by atoms with Crippen LogP contribution in [0.5, 0.6) is 17.2 Å². The van der Waals surface area contributed by atoms with Gasteiger partial charge < -0.3 is 19.0 Å². The molecule has 0 aromatic heterocycles. The van der Waals surface area contributed by atoms with E-state index in [1.165, 1.54) is 0 Å². The summed E-state index contributed by atoms with van der Waals surface area (Å²) in [5, 5.41) is 4.25. The number of rotatable bonds is 6. The zero-order chi connectivity index (χ0) is 16.9. The number of benzene rings is 2. The lowest BCUT2D eigenvalue weighted by atomic mass is 9.99. The maximum atomic E-state index is 5.61. The van der Waals surface area contributed by atoms with Crippen LogP contribution in [-0.2, 0) is 11.3 Å². The predicted molar refractivity (Wildman–Crippen MR) is 92.3 cm³/mol. The van der Waals surface area contributed by atoms with E-state index in [4.69, 9.17) is 19.0 Å². The first-order chi connectivity index (χ1) is 11.7. The molecule has 0 saturated carbocycles. The summed E-state index contributed by atoms with van der Waals surface area (Å²) in [4.78, 5) is 5.61. The Morgan fingerprint density at radius 2 is 1.71 bits per heavy atom. The van der Waals surface area contributed by atoms with E-state index in [-0.39, 0.29) is 6.10 Å². The number of ether oxygens (including phenoxy) is 3. The molecule has 3 rings (SSSR count). The van der Waals surface area contributed by atoms with Gasteiger partial charge in [-0.15, -0.1) is 0 Å². The normalized spacial score (nSPS) is 16.3. The topological polar surface area (TPSA) is 49.3 Å². The Hall–Kier alpha value is -2.69. The molecule has 0 radical (unpaired) electrons. The molecule has 0 saturated heterocycles.